The highest BCUT2D eigenvalue weighted by molar-refractivity contribution is 4.87. The van der Waals surface area contributed by atoms with E-state index in [0.717, 1.165) is 19.3 Å². The van der Waals surface area contributed by atoms with Crippen molar-refractivity contribution in [2.75, 3.05) is 0 Å². The van der Waals surface area contributed by atoms with Crippen molar-refractivity contribution in [3.63, 3.8) is 0 Å². The number of aliphatic hydroxyl groups is 1. The van der Waals surface area contributed by atoms with Crippen molar-refractivity contribution < 1.29 is 18.3 Å². The molecule has 1 N–H and O–H groups in total. The van der Waals surface area contributed by atoms with Crippen molar-refractivity contribution in [1.29, 1.82) is 0 Å². The molecule has 78 valence electrons. The lowest BCUT2D eigenvalue weighted by Gasteiger charge is -2.31. The summed E-state index contributed by atoms with van der Waals surface area (Å²) in [6.45, 7) is 0. The average Bonchev–Trinajstić information content (AvgIpc) is 1.94. The number of rotatable bonds is 0. The Morgan fingerprint density at radius 3 is 1.62 bits per heavy atom. The van der Waals surface area contributed by atoms with Gasteiger partial charge in [-0.25, -0.2) is 0 Å². The molecular formula is C9H15F3O. The van der Waals surface area contributed by atoms with Gasteiger partial charge < -0.3 is 5.11 Å². The Kier molecular flexibility index (Phi) is 3.22. The van der Waals surface area contributed by atoms with E-state index in [-0.39, 0.29) is 12.8 Å². The lowest BCUT2D eigenvalue weighted by atomic mass is 9.86. The van der Waals surface area contributed by atoms with E-state index in [9.17, 15) is 18.3 Å². The molecule has 0 aromatic carbocycles. The molecule has 0 aromatic heterocycles. The number of alkyl halides is 3. The Morgan fingerprint density at radius 1 is 0.846 bits per heavy atom. The summed E-state index contributed by atoms with van der Waals surface area (Å²) in [5.41, 5.74) is -2.41. The van der Waals surface area contributed by atoms with Gasteiger partial charge in [-0.05, 0) is 12.8 Å². The van der Waals surface area contributed by atoms with Crippen LogP contribution in [0.2, 0.25) is 0 Å². The predicted molar refractivity (Wildman–Crippen MR) is 43.3 cm³/mol. The topological polar surface area (TPSA) is 20.2 Å². The fourth-order valence-electron chi connectivity index (χ4n) is 1.77. The Morgan fingerprint density at radius 2 is 1.23 bits per heavy atom. The molecule has 0 radical (unpaired) electrons. The van der Waals surface area contributed by atoms with Crippen LogP contribution in [0.4, 0.5) is 13.2 Å². The summed E-state index contributed by atoms with van der Waals surface area (Å²) in [5.74, 6) is 0. The second-order valence-corrected chi connectivity index (χ2v) is 3.80. The SMILES string of the molecule is OC1(C(F)(F)F)CCCCCCC1. The summed E-state index contributed by atoms with van der Waals surface area (Å²) in [7, 11) is 0. The minimum atomic E-state index is -4.45. The zero-order chi connectivity index (χ0) is 9.95. The molecule has 1 nitrogen and oxygen atoms in total. The van der Waals surface area contributed by atoms with Crippen molar-refractivity contribution in [3.8, 4) is 0 Å². The first kappa shape index (κ1) is 10.8. The molecule has 0 bridgehead atoms. The molecular weight excluding hydrogens is 181 g/mol. The second-order valence-electron chi connectivity index (χ2n) is 3.80. The van der Waals surface area contributed by atoms with E-state index < -0.39 is 11.8 Å². The number of hydrogen-bond acceptors (Lipinski definition) is 1. The lowest BCUT2D eigenvalue weighted by Crippen LogP contribution is -2.45. The Hall–Kier alpha value is -0.250. The molecule has 0 spiro atoms. The fraction of sp³-hybridized carbons (Fsp3) is 1.00. The highest BCUT2D eigenvalue weighted by Gasteiger charge is 2.52. The van der Waals surface area contributed by atoms with Crippen molar-refractivity contribution in [3.05, 3.63) is 0 Å². The first-order chi connectivity index (χ1) is 5.96. The fourth-order valence-corrected chi connectivity index (χ4v) is 1.77. The summed E-state index contributed by atoms with van der Waals surface area (Å²) in [4.78, 5) is 0. The number of hydrogen-bond donors (Lipinski definition) is 1. The monoisotopic (exact) mass is 196 g/mol. The van der Waals surface area contributed by atoms with E-state index >= 15 is 0 Å². The van der Waals surface area contributed by atoms with Gasteiger partial charge in [0.1, 0.15) is 0 Å². The highest BCUT2D eigenvalue weighted by atomic mass is 19.4. The Labute approximate surface area is 75.9 Å². The summed E-state index contributed by atoms with van der Waals surface area (Å²) >= 11 is 0. The van der Waals surface area contributed by atoms with E-state index in [0.29, 0.717) is 12.8 Å². The second kappa shape index (κ2) is 3.86. The van der Waals surface area contributed by atoms with Gasteiger partial charge in [-0.2, -0.15) is 13.2 Å². The van der Waals surface area contributed by atoms with Gasteiger partial charge in [0, 0.05) is 0 Å². The smallest absolute Gasteiger partial charge is 0.380 e. The van der Waals surface area contributed by atoms with E-state index in [1.807, 2.05) is 0 Å². The Bertz CT molecular complexity index is 157. The molecule has 1 aliphatic rings. The van der Waals surface area contributed by atoms with E-state index in [4.69, 9.17) is 0 Å². The van der Waals surface area contributed by atoms with Gasteiger partial charge in [0.05, 0.1) is 0 Å². The quantitative estimate of drug-likeness (QED) is 0.631. The molecule has 0 heterocycles. The third-order valence-electron chi connectivity index (χ3n) is 2.71. The van der Waals surface area contributed by atoms with Crippen LogP contribution in [-0.4, -0.2) is 16.9 Å². The standard InChI is InChI=1S/C9H15F3O/c10-9(11,12)8(13)6-4-2-1-3-5-7-8/h13H,1-7H2. The van der Waals surface area contributed by atoms with Crippen LogP contribution in [0.3, 0.4) is 0 Å². The zero-order valence-electron chi connectivity index (χ0n) is 7.53. The average molecular weight is 196 g/mol. The summed E-state index contributed by atoms with van der Waals surface area (Å²) in [6, 6.07) is 0. The highest BCUT2D eigenvalue weighted by Crippen LogP contribution is 2.39. The molecule has 0 saturated heterocycles. The van der Waals surface area contributed by atoms with Gasteiger partial charge >= 0.3 is 6.18 Å². The third kappa shape index (κ3) is 2.59. The Balaban J connectivity index is 2.62. The van der Waals surface area contributed by atoms with E-state index in [1.165, 1.54) is 0 Å². The van der Waals surface area contributed by atoms with Crippen LogP contribution in [-0.2, 0) is 0 Å². The van der Waals surface area contributed by atoms with E-state index in [1.54, 1.807) is 0 Å². The van der Waals surface area contributed by atoms with Crippen molar-refractivity contribution in [1.82, 2.24) is 0 Å². The van der Waals surface area contributed by atoms with Crippen LogP contribution in [0, 0.1) is 0 Å². The molecule has 0 aliphatic heterocycles. The molecule has 0 aromatic rings. The first-order valence-electron chi connectivity index (χ1n) is 4.75. The van der Waals surface area contributed by atoms with Crippen molar-refractivity contribution in [2.24, 2.45) is 0 Å². The van der Waals surface area contributed by atoms with E-state index in [2.05, 4.69) is 0 Å². The molecule has 0 amide bonds. The van der Waals surface area contributed by atoms with Gasteiger partial charge in [0.25, 0.3) is 0 Å². The van der Waals surface area contributed by atoms with Crippen molar-refractivity contribution in [2.45, 2.75) is 56.7 Å². The summed E-state index contributed by atoms with van der Waals surface area (Å²) in [5, 5.41) is 9.39. The van der Waals surface area contributed by atoms with Gasteiger partial charge in [0.2, 0.25) is 0 Å². The lowest BCUT2D eigenvalue weighted by molar-refractivity contribution is -0.266. The molecule has 1 rings (SSSR count). The third-order valence-corrected chi connectivity index (χ3v) is 2.71. The molecule has 13 heavy (non-hydrogen) atoms. The maximum atomic E-state index is 12.4. The van der Waals surface area contributed by atoms with Crippen LogP contribution in [0.25, 0.3) is 0 Å². The largest absolute Gasteiger partial charge is 0.417 e. The summed E-state index contributed by atoms with van der Waals surface area (Å²) < 4.78 is 37.2. The normalized spacial score (nSPS) is 24.9. The molecule has 1 aliphatic carbocycles. The summed E-state index contributed by atoms with van der Waals surface area (Å²) in [6.07, 6.45) is -1.14. The van der Waals surface area contributed by atoms with Gasteiger partial charge in [-0.1, -0.05) is 32.1 Å². The first-order valence-corrected chi connectivity index (χ1v) is 4.75. The van der Waals surface area contributed by atoms with Crippen molar-refractivity contribution >= 4 is 0 Å². The minimum Gasteiger partial charge on any atom is -0.380 e. The maximum absolute atomic E-state index is 12.4. The molecule has 1 saturated carbocycles. The predicted octanol–water partition coefficient (Wildman–Crippen LogP) is 3.02. The van der Waals surface area contributed by atoms with Gasteiger partial charge in [-0.15, -0.1) is 0 Å². The van der Waals surface area contributed by atoms with Crippen LogP contribution in [0.5, 0.6) is 0 Å². The molecule has 0 atom stereocenters. The molecule has 0 unspecified atom stereocenters. The zero-order valence-corrected chi connectivity index (χ0v) is 7.53. The van der Waals surface area contributed by atoms with Crippen LogP contribution < -0.4 is 0 Å². The van der Waals surface area contributed by atoms with Gasteiger partial charge in [0.15, 0.2) is 5.60 Å². The number of halogens is 3. The van der Waals surface area contributed by atoms with Crippen LogP contribution in [0.1, 0.15) is 44.9 Å². The maximum Gasteiger partial charge on any atom is 0.417 e. The van der Waals surface area contributed by atoms with Crippen LogP contribution >= 0.6 is 0 Å². The minimum absolute atomic E-state index is 0.128. The molecule has 4 heteroatoms. The van der Waals surface area contributed by atoms with Crippen LogP contribution in [0.15, 0.2) is 0 Å². The molecule has 1 fully saturated rings. The van der Waals surface area contributed by atoms with Gasteiger partial charge in [-0.3, -0.25) is 0 Å².